The van der Waals surface area contributed by atoms with Crippen molar-refractivity contribution in [1.29, 1.82) is 0 Å². The fraction of sp³-hybridized carbons (Fsp3) is 0.333. The van der Waals surface area contributed by atoms with Crippen molar-refractivity contribution in [1.82, 2.24) is 0 Å². The number of fused-ring (bicyclic) bond motifs is 1. The van der Waals surface area contributed by atoms with Crippen LogP contribution in [0.1, 0.15) is 24.8 Å². The van der Waals surface area contributed by atoms with E-state index in [1.807, 2.05) is 23.1 Å². The molecule has 0 saturated heterocycles. The van der Waals surface area contributed by atoms with Gasteiger partial charge in [-0.1, -0.05) is 6.07 Å². The minimum Gasteiger partial charge on any atom is -0.484 e. The summed E-state index contributed by atoms with van der Waals surface area (Å²) in [5.74, 6) is 0.122. The summed E-state index contributed by atoms with van der Waals surface area (Å²) in [4.78, 5) is 26.6. The van der Waals surface area contributed by atoms with Crippen LogP contribution in [0.5, 0.6) is 5.75 Å². The highest BCUT2D eigenvalue weighted by Gasteiger charge is 2.35. The molecule has 1 saturated carbocycles. The Bertz CT molecular complexity index is 862. The van der Waals surface area contributed by atoms with E-state index in [9.17, 15) is 14.0 Å². The van der Waals surface area contributed by atoms with E-state index in [1.54, 1.807) is 0 Å². The van der Waals surface area contributed by atoms with Crippen LogP contribution >= 0.6 is 0 Å². The van der Waals surface area contributed by atoms with Crippen molar-refractivity contribution in [3.63, 3.8) is 0 Å². The maximum atomic E-state index is 12.9. The maximum absolute atomic E-state index is 12.9. The van der Waals surface area contributed by atoms with Gasteiger partial charge in [0.05, 0.1) is 0 Å². The number of amides is 2. The number of hydrogen-bond acceptors (Lipinski definition) is 3. The molecule has 2 aromatic carbocycles. The van der Waals surface area contributed by atoms with E-state index >= 15 is 0 Å². The van der Waals surface area contributed by atoms with E-state index < -0.39 is 0 Å². The lowest BCUT2D eigenvalue weighted by atomic mass is 10.0. The quantitative estimate of drug-likeness (QED) is 0.878. The highest BCUT2D eigenvalue weighted by atomic mass is 19.1. The molecule has 27 heavy (non-hydrogen) atoms. The van der Waals surface area contributed by atoms with Crippen LogP contribution in [0.25, 0.3) is 0 Å². The summed E-state index contributed by atoms with van der Waals surface area (Å²) in [6, 6.07) is 11.2. The molecule has 0 spiro atoms. The molecule has 1 aliphatic heterocycles. The third-order valence-corrected chi connectivity index (χ3v) is 4.86. The maximum Gasteiger partial charge on any atom is 0.262 e. The lowest BCUT2D eigenvalue weighted by molar-refractivity contribution is -0.120. The highest BCUT2D eigenvalue weighted by Crippen LogP contribution is 2.36. The molecule has 0 unspecified atom stereocenters. The molecule has 2 aliphatic rings. The van der Waals surface area contributed by atoms with Crippen LogP contribution < -0.4 is 15.0 Å². The molecule has 1 N–H and O–H groups in total. The molecule has 0 radical (unpaired) electrons. The fourth-order valence-corrected chi connectivity index (χ4v) is 3.31. The van der Waals surface area contributed by atoms with Gasteiger partial charge in [0.15, 0.2) is 6.61 Å². The van der Waals surface area contributed by atoms with E-state index in [0.717, 1.165) is 43.5 Å². The number of nitrogens with one attached hydrogen (secondary N) is 1. The number of anilines is 2. The van der Waals surface area contributed by atoms with Crippen molar-refractivity contribution in [3.05, 3.63) is 53.8 Å². The number of nitrogens with zero attached hydrogens (tertiary/aromatic N) is 1. The second-order valence-corrected chi connectivity index (χ2v) is 7.00. The minimum absolute atomic E-state index is 0.165. The number of halogens is 1. The van der Waals surface area contributed by atoms with Crippen LogP contribution in [0.15, 0.2) is 42.5 Å². The predicted molar refractivity (Wildman–Crippen MR) is 100 cm³/mol. The standard InChI is InChI=1S/C21H21FN2O3/c22-16-6-9-18(10-7-16)27-13-20(25)23-17-8-5-14-2-1-11-24(19(14)12-17)21(26)15-3-4-15/h5-10,12,15H,1-4,11,13H2,(H,23,25). The van der Waals surface area contributed by atoms with Gasteiger partial charge in [-0.25, -0.2) is 4.39 Å². The molecule has 1 aliphatic carbocycles. The van der Waals surface area contributed by atoms with E-state index in [0.29, 0.717) is 11.4 Å². The van der Waals surface area contributed by atoms with Crippen molar-refractivity contribution in [2.45, 2.75) is 25.7 Å². The lowest BCUT2D eigenvalue weighted by Crippen LogP contribution is -2.36. The zero-order valence-electron chi connectivity index (χ0n) is 14.9. The zero-order chi connectivity index (χ0) is 18.8. The molecule has 1 heterocycles. The molecule has 2 aromatic rings. The first-order valence-corrected chi connectivity index (χ1v) is 9.23. The Balaban J connectivity index is 1.41. The number of carbonyl (C=O) groups is 2. The molecule has 6 heteroatoms. The normalized spacial score (nSPS) is 15.8. The SMILES string of the molecule is O=C(COc1ccc(F)cc1)Nc1ccc2c(c1)N(C(=O)C1CC1)CCC2. The Morgan fingerprint density at radius 1 is 1.15 bits per heavy atom. The monoisotopic (exact) mass is 368 g/mol. The van der Waals surface area contributed by atoms with Crippen molar-refractivity contribution in [3.8, 4) is 5.75 Å². The summed E-state index contributed by atoms with van der Waals surface area (Å²) in [6.45, 7) is 0.556. The Hall–Kier alpha value is -2.89. The molecule has 5 nitrogen and oxygen atoms in total. The third kappa shape index (κ3) is 4.10. The minimum atomic E-state index is -0.355. The Morgan fingerprint density at radius 2 is 1.93 bits per heavy atom. The first-order chi connectivity index (χ1) is 13.1. The van der Waals surface area contributed by atoms with Gasteiger partial charge in [-0.15, -0.1) is 0 Å². The van der Waals surface area contributed by atoms with Crippen LogP contribution in [0, 0.1) is 11.7 Å². The van der Waals surface area contributed by atoms with Gasteiger partial charge in [-0.05, 0) is 67.6 Å². The number of hydrogen-bond donors (Lipinski definition) is 1. The molecular weight excluding hydrogens is 347 g/mol. The zero-order valence-corrected chi connectivity index (χ0v) is 14.9. The predicted octanol–water partition coefficient (Wildman–Crippen LogP) is 3.53. The Kier molecular flexibility index (Phi) is 4.79. The first-order valence-electron chi connectivity index (χ1n) is 9.23. The largest absolute Gasteiger partial charge is 0.484 e. The Morgan fingerprint density at radius 3 is 2.67 bits per heavy atom. The van der Waals surface area contributed by atoms with Crippen LogP contribution in [0.3, 0.4) is 0 Å². The topological polar surface area (TPSA) is 58.6 Å². The van der Waals surface area contributed by atoms with E-state index in [-0.39, 0.29) is 30.2 Å². The van der Waals surface area contributed by atoms with Crippen LogP contribution in [-0.2, 0) is 16.0 Å². The van der Waals surface area contributed by atoms with Crippen molar-refractivity contribution >= 4 is 23.2 Å². The molecule has 0 atom stereocenters. The van der Waals surface area contributed by atoms with E-state index in [2.05, 4.69) is 5.32 Å². The van der Waals surface area contributed by atoms with Crippen LogP contribution in [0.2, 0.25) is 0 Å². The smallest absolute Gasteiger partial charge is 0.262 e. The summed E-state index contributed by atoms with van der Waals surface area (Å²) < 4.78 is 18.3. The number of rotatable bonds is 5. The molecule has 4 rings (SSSR count). The van der Waals surface area contributed by atoms with Crippen molar-refractivity contribution in [2.75, 3.05) is 23.4 Å². The van der Waals surface area contributed by atoms with E-state index in [4.69, 9.17) is 4.74 Å². The lowest BCUT2D eigenvalue weighted by Gasteiger charge is -2.30. The fourth-order valence-electron chi connectivity index (χ4n) is 3.31. The number of carbonyl (C=O) groups excluding carboxylic acids is 2. The Labute approximate surface area is 157 Å². The second kappa shape index (κ2) is 7.39. The summed E-state index contributed by atoms with van der Waals surface area (Å²) in [7, 11) is 0. The van der Waals surface area contributed by atoms with Gasteiger partial charge in [-0.3, -0.25) is 9.59 Å². The third-order valence-electron chi connectivity index (χ3n) is 4.86. The van der Waals surface area contributed by atoms with E-state index in [1.165, 1.54) is 24.3 Å². The van der Waals surface area contributed by atoms with Gasteiger partial charge in [0.1, 0.15) is 11.6 Å². The first kappa shape index (κ1) is 17.5. The van der Waals surface area contributed by atoms with Crippen LogP contribution in [0.4, 0.5) is 15.8 Å². The molecule has 0 bridgehead atoms. The van der Waals surface area contributed by atoms with Gasteiger partial charge < -0.3 is 15.0 Å². The van der Waals surface area contributed by atoms with Gasteiger partial charge in [0, 0.05) is 23.8 Å². The second-order valence-electron chi connectivity index (χ2n) is 7.00. The van der Waals surface area contributed by atoms with Gasteiger partial charge in [0.2, 0.25) is 5.91 Å². The van der Waals surface area contributed by atoms with Gasteiger partial charge in [0.25, 0.3) is 5.91 Å². The van der Waals surface area contributed by atoms with Gasteiger partial charge in [-0.2, -0.15) is 0 Å². The van der Waals surface area contributed by atoms with Crippen molar-refractivity contribution in [2.24, 2.45) is 5.92 Å². The number of ether oxygens (including phenoxy) is 1. The molecule has 1 fully saturated rings. The molecule has 140 valence electrons. The number of aryl methyl sites for hydroxylation is 1. The van der Waals surface area contributed by atoms with Crippen LogP contribution in [-0.4, -0.2) is 25.0 Å². The highest BCUT2D eigenvalue weighted by molar-refractivity contribution is 5.99. The molecular formula is C21H21FN2O3. The molecule has 2 amide bonds. The molecule has 0 aromatic heterocycles. The number of benzene rings is 2. The summed E-state index contributed by atoms with van der Waals surface area (Å²) in [5, 5.41) is 2.80. The average Bonchev–Trinajstić information content (AvgIpc) is 3.52. The summed E-state index contributed by atoms with van der Waals surface area (Å²) in [5.41, 5.74) is 2.67. The summed E-state index contributed by atoms with van der Waals surface area (Å²) >= 11 is 0. The summed E-state index contributed by atoms with van der Waals surface area (Å²) in [6.07, 6.45) is 3.85. The van der Waals surface area contributed by atoms with Gasteiger partial charge >= 0.3 is 0 Å². The average molecular weight is 368 g/mol. The van der Waals surface area contributed by atoms with Crippen molar-refractivity contribution < 1.29 is 18.7 Å².